The van der Waals surface area contributed by atoms with Gasteiger partial charge in [-0.15, -0.1) is 0 Å². The normalized spacial score (nSPS) is 11.9. The predicted octanol–water partition coefficient (Wildman–Crippen LogP) is 5.77. The van der Waals surface area contributed by atoms with Crippen LogP contribution in [-0.2, 0) is 5.54 Å². The van der Waals surface area contributed by atoms with E-state index in [1.807, 2.05) is 26.0 Å². The first-order chi connectivity index (χ1) is 15.7. The van der Waals surface area contributed by atoms with E-state index >= 15 is 0 Å². The van der Waals surface area contributed by atoms with Crippen LogP contribution in [0.5, 0.6) is 0 Å². The summed E-state index contributed by atoms with van der Waals surface area (Å²) < 4.78 is 8.26. The Kier molecular flexibility index (Phi) is 4.78. The van der Waals surface area contributed by atoms with E-state index in [1.165, 1.54) is 0 Å². The molecule has 33 heavy (non-hydrogen) atoms. The van der Waals surface area contributed by atoms with Crippen LogP contribution in [-0.4, -0.2) is 24.5 Å². The number of nitrogens with zero attached hydrogens (tertiary/aromatic N) is 5. The van der Waals surface area contributed by atoms with Gasteiger partial charge in [0.25, 0.3) is 0 Å². The topological polar surface area (TPSA) is 95.6 Å². The number of rotatable bonds is 3. The van der Waals surface area contributed by atoms with E-state index in [4.69, 9.17) is 15.1 Å². The number of benzene rings is 2. The second-order valence-corrected chi connectivity index (χ2v) is 9.17. The molecule has 3 aromatic heterocycles. The van der Waals surface area contributed by atoms with Gasteiger partial charge in [0.15, 0.2) is 11.7 Å². The third-order valence-electron chi connectivity index (χ3n) is 5.65. The van der Waals surface area contributed by atoms with Crippen molar-refractivity contribution in [1.29, 1.82) is 0 Å². The fraction of sp³-hybridized carbons (Fsp3) is 0.231. The van der Waals surface area contributed by atoms with Crippen LogP contribution in [0.25, 0.3) is 44.9 Å². The van der Waals surface area contributed by atoms with Crippen molar-refractivity contribution in [3.63, 3.8) is 0 Å². The van der Waals surface area contributed by atoms with Crippen molar-refractivity contribution in [3.05, 3.63) is 66.4 Å². The zero-order valence-electron chi connectivity index (χ0n) is 19.4. The van der Waals surface area contributed by atoms with Crippen LogP contribution >= 0.6 is 0 Å². The van der Waals surface area contributed by atoms with E-state index in [2.05, 4.69) is 70.6 Å². The number of anilines is 1. The lowest BCUT2D eigenvalue weighted by atomic mass is 10.0. The highest BCUT2D eigenvalue weighted by Gasteiger charge is 2.25. The Balaban J connectivity index is 1.75. The van der Waals surface area contributed by atoms with E-state index in [-0.39, 0.29) is 11.5 Å². The molecule has 0 spiro atoms. The fourth-order valence-electron chi connectivity index (χ4n) is 4.26. The first-order valence-electron chi connectivity index (χ1n) is 10.9. The minimum atomic E-state index is -0.199. The fourth-order valence-corrected chi connectivity index (χ4v) is 4.26. The minimum Gasteiger partial charge on any atom is -0.441 e. The molecular weight excluding hydrogens is 412 g/mol. The van der Waals surface area contributed by atoms with E-state index in [0.717, 1.165) is 50.6 Å². The van der Waals surface area contributed by atoms with Gasteiger partial charge in [0.2, 0.25) is 5.95 Å². The second-order valence-electron chi connectivity index (χ2n) is 9.17. The van der Waals surface area contributed by atoms with Crippen molar-refractivity contribution in [3.8, 4) is 33.8 Å². The number of nitrogen functional groups attached to an aromatic ring is 1. The lowest BCUT2D eigenvalue weighted by molar-refractivity contribution is 0.413. The van der Waals surface area contributed by atoms with Crippen LogP contribution in [0.2, 0.25) is 0 Å². The van der Waals surface area contributed by atoms with Crippen molar-refractivity contribution >= 4 is 17.0 Å². The van der Waals surface area contributed by atoms with Crippen LogP contribution in [0.15, 0.2) is 59.3 Å². The molecule has 0 bridgehead atoms. The quantitative estimate of drug-likeness (QED) is 0.384. The third kappa shape index (κ3) is 3.65. The van der Waals surface area contributed by atoms with Crippen molar-refractivity contribution < 1.29 is 4.42 Å². The Bertz CT molecular complexity index is 1470. The summed E-state index contributed by atoms with van der Waals surface area (Å²) in [4.78, 5) is 17.8. The van der Waals surface area contributed by atoms with Gasteiger partial charge in [-0.25, -0.2) is 19.9 Å². The molecule has 0 atom stereocenters. The van der Waals surface area contributed by atoms with Crippen molar-refractivity contribution in [2.24, 2.45) is 0 Å². The van der Waals surface area contributed by atoms with Crippen molar-refractivity contribution in [2.45, 2.75) is 40.2 Å². The van der Waals surface area contributed by atoms with E-state index < -0.39 is 0 Å². The molecule has 0 fully saturated rings. The second kappa shape index (κ2) is 7.55. The van der Waals surface area contributed by atoms with Gasteiger partial charge in [-0.05, 0) is 45.4 Å². The number of fused-ring (bicyclic) bond motifs is 1. The van der Waals surface area contributed by atoms with Gasteiger partial charge in [0, 0.05) is 41.5 Å². The molecule has 5 rings (SSSR count). The molecule has 2 N–H and O–H groups in total. The number of nitrogens with two attached hydrogens (primary N) is 1. The standard InChI is InChI=1S/C26H26N6O/c1-15-23(33-16(2)30-15)19-8-6-7-9-20(19)24-31-21-12-17(18-13-28-25(27)29-14-18)10-11-22(21)32(24)26(3,4)5/h6-14H,1-5H3,(H2,27,28,29). The lowest BCUT2D eigenvalue weighted by Gasteiger charge is -2.25. The van der Waals surface area contributed by atoms with Gasteiger partial charge in [0.05, 0.1) is 16.7 Å². The highest BCUT2D eigenvalue weighted by atomic mass is 16.4. The Morgan fingerprint density at radius 3 is 2.21 bits per heavy atom. The zero-order chi connectivity index (χ0) is 23.3. The smallest absolute Gasteiger partial charge is 0.219 e. The molecule has 166 valence electrons. The van der Waals surface area contributed by atoms with Crippen LogP contribution < -0.4 is 5.73 Å². The number of hydrogen-bond acceptors (Lipinski definition) is 6. The summed E-state index contributed by atoms with van der Waals surface area (Å²) in [5.74, 6) is 2.56. The summed E-state index contributed by atoms with van der Waals surface area (Å²) in [6.45, 7) is 10.4. The van der Waals surface area contributed by atoms with Gasteiger partial charge >= 0.3 is 0 Å². The molecule has 0 saturated carbocycles. The summed E-state index contributed by atoms with van der Waals surface area (Å²) >= 11 is 0. The average molecular weight is 439 g/mol. The zero-order valence-corrected chi connectivity index (χ0v) is 19.4. The summed E-state index contributed by atoms with van der Waals surface area (Å²) in [7, 11) is 0. The molecule has 7 nitrogen and oxygen atoms in total. The van der Waals surface area contributed by atoms with Crippen LogP contribution in [0.1, 0.15) is 32.4 Å². The molecule has 3 heterocycles. The van der Waals surface area contributed by atoms with Crippen molar-refractivity contribution in [2.75, 3.05) is 5.73 Å². The summed E-state index contributed by atoms with van der Waals surface area (Å²) in [6.07, 6.45) is 3.46. The molecular formula is C26H26N6O. The summed E-state index contributed by atoms with van der Waals surface area (Å²) in [5, 5.41) is 0. The third-order valence-corrected chi connectivity index (χ3v) is 5.65. The van der Waals surface area contributed by atoms with E-state index in [0.29, 0.717) is 5.89 Å². The van der Waals surface area contributed by atoms with Crippen LogP contribution in [0, 0.1) is 13.8 Å². The number of aromatic nitrogens is 5. The van der Waals surface area contributed by atoms with Gasteiger partial charge < -0.3 is 14.7 Å². The van der Waals surface area contributed by atoms with Crippen LogP contribution in [0.3, 0.4) is 0 Å². The van der Waals surface area contributed by atoms with Crippen LogP contribution in [0.4, 0.5) is 5.95 Å². The molecule has 0 unspecified atom stereocenters. The maximum absolute atomic E-state index is 5.98. The maximum atomic E-state index is 5.98. The first kappa shape index (κ1) is 20.9. The Hall–Kier alpha value is -4.00. The highest BCUT2D eigenvalue weighted by Crippen LogP contribution is 2.38. The maximum Gasteiger partial charge on any atom is 0.219 e. The molecule has 0 amide bonds. The monoisotopic (exact) mass is 438 g/mol. The highest BCUT2D eigenvalue weighted by molar-refractivity contribution is 5.88. The Morgan fingerprint density at radius 1 is 0.879 bits per heavy atom. The number of imidazole rings is 1. The molecule has 0 saturated heterocycles. The molecule has 0 aliphatic carbocycles. The molecule has 7 heteroatoms. The molecule has 0 aliphatic heterocycles. The molecule has 2 aromatic carbocycles. The molecule has 0 aliphatic rings. The van der Waals surface area contributed by atoms with Gasteiger partial charge in [0.1, 0.15) is 5.82 Å². The Labute approximate surface area is 192 Å². The predicted molar refractivity (Wildman–Crippen MR) is 131 cm³/mol. The van der Waals surface area contributed by atoms with Gasteiger partial charge in [-0.3, -0.25) is 0 Å². The lowest BCUT2D eigenvalue weighted by Crippen LogP contribution is -2.22. The van der Waals surface area contributed by atoms with Gasteiger partial charge in [-0.1, -0.05) is 30.3 Å². The number of aryl methyl sites for hydroxylation is 2. The molecule has 5 aromatic rings. The van der Waals surface area contributed by atoms with E-state index in [9.17, 15) is 0 Å². The summed E-state index contributed by atoms with van der Waals surface area (Å²) in [5.41, 5.74) is 12.1. The first-order valence-corrected chi connectivity index (χ1v) is 10.9. The SMILES string of the molecule is Cc1nc(C)c(-c2ccccc2-c2nc3cc(-c4cnc(N)nc4)ccc3n2C(C)(C)C)o1. The van der Waals surface area contributed by atoms with Crippen molar-refractivity contribution in [1.82, 2.24) is 24.5 Å². The number of hydrogen-bond donors (Lipinski definition) is 1. The Morgan fingerprint density at radius 2 is 1.58 bits per heavy atom. The molecule has 0 radical (unpaired) electrons. The minimum absolute atomic E-state index is 0.199. The van der Waals surface area contributed by atoms with Gasteiger partial charge in [-0.2, -0.15) is 0 Å². The van der Waals surface area contributed by atoms with E-state index in [1.54, 1.807) is 12.4 Å². The average Bonchev–Trinajstić information content (AvgIpc) is 3.33. The number of oxazole rings is 1. The largest absolute Gasteiger partial charge is 0.441 e. The summed E-state index contributed by atoms with van der Waals surface area (Å²) in [6, 6.07) is 14.4.